The van der Waals surface area contributed by atoms with Crippen molar-refractivity contribution in [1.29, 1.82) is 0 Å². The molecule has 1 aromatic rings. The second-order valence-electron chi connectivity index (χ2n) is 2.81. The van der Waals surface area contributed by atoms with Crippen LogP contribution in [0.4, 0.5) is 0 Å². The number of methoxy groups -OCH3 is 1. The molecular formula is C8H12N2O. The lowest BCUT2D eigenvalue weighted by atomic mass is 10.1. The van der Waals surface area contributed by atoms with E-state index >= 15 is 0 Å². The molecule has 11 heavy (non-hydrogen) atoms. The molecule has 0 saturated heterocycles. The Morgan fingerprint density at radius 1 is 1.36 bits per heavy atom. The van der Waals surface area contributed by atoms with Crippen molar-refractivity contribution in [3.05, 3.63) is 24.3 Å². The van der Waals surface area contributed by atoms with Crippen molar-refractivity contribution >= 4 is 0 Å². The third-order valence-corrected chi connectivity index (χ3v) is 1.69. The zero-order valence-electron chi connectivity index (χ0n) is 7.03. The van der Waals surface area contributed by atoms with E-state index in [2.05, 4.69) is 9.97 Å². The van der Waals surface area contributed by atoms with Gasteiger partial charge in [-0.15, -0.1) is 0 Å². The van der Waals surface area contributed by atoms with Crippen LogP contribution in [0.1, 0.15) is 19.5 Å². The van der Waals surface area contributed by atoms with E-state index in [4.69, 9.17) is 4.74 Å². The van der Waals surface area contributed by atoms with E-state index in [1.165, 1.54) is 0 Å². The molecule has 0 unspecified atom stereocenters. The minimum atomic E-state index is -0.339. The molecule has 0 saturated carbocycles. The Balaban J connectivity index is 2.93. The average Bonchev–Trinajstić information content (AvgIpc) is 2.06. The van der Waals surface area contributed by atoms with Crippen molar-refractivity contribution in [2.24, 2.45) is 0 Å². The Kier molecular flexibility index (Phi) is 2.19. The maximum Gasteiger partial charge on any atom is 0.106 e. The number of hydrogen-bond donors (Lipinski definition) is 0. The van der Waals surface area contributed by atoms with E-state index in [9.17, 15) is 0 Å². The topological polar surface area (TPSA) is 35.0 Å². The van der Waals surface area contributed by atoms with Gasteiger partial charge >= 0.3 is 0 Å². The second-order valence-corrected chi connectivity index (χ2v) is 2.81. The summed E-state index contributed by atoms with van der Waals surface area (Å²) in [5.74, 6) is 0. The second kappa shape index (κ2) is 2.96. The van der Waals surface area contributed by atoms with Crippen LogP contribution in [0.2, 0.25) is 0 Å². The number of nitrogens with zero attached hydrogens (tertiary/aromatic N) is 2. The summed E-state index contributed by atoms with van der Waals surface area (Å²) in [5.41, 5.74) is 0.511. The van der Waals surface area contributed by atoms with E-state index in [0.29, 0.717) is 0 Å². The van der Waals surface area contributed by atoms with E-state index in [1.807, 2.05) is 13.8 Å². The number of rotatable bonds is 2. The summed E-state index contributed by atoms with van der Waals surface area (Å²) in [7, 11) is 1.66. The molecule has 0 N–H and O–H groups in total. The molecule has 0 aliphatic rings. The summed E-state index contributed by atoms with van der Waals surface area (Å²) in [6, 6.07) is 0. The normalized spacial score (nSPS) is 11.5. The van der Waals surface area contributed by atoms with Gasteiger partial charge in [-0.2, -0.15) is 0 Å². The summed E-state index contributed by atoms with van der Waals surface area (Å²) in [5, 5.41) is 0. The zero-order valence-corrected chi connectivity index (χ0v) is 7.03. The highest BCUT2D eigenvalue weighted by atomic mass is 16.5. The van der Waals surface area contributed by atoms with Crippen LogP contribution < -0.4 is 0 Å². The fraction of sp³-hybridized carbons (Fsp3) is 0.500. The van der Waals surface area contributed by atoms with E-state index in [0.717, 1.165) is 5.69 Å². The summed E-state index contributed by atoms with van der Waals surface area (Å²) in [6.07, 6.45) is 5.02. The number of ether oxygens (including phenoxy) is 1. The van der Waals surface area contributed by atoms with Gasteiger partial charge in [0.05, 0.1) is 11.9 Å². The van der Waals surface area contributed by atoms with E-state index in [1.54, 1.807) is 25.7 Å². The van der Waals surface area contributed by atoms with Crippen LogP contribution in [0.5, 0.6) is 0 Å². The first kappa shape index (κ1) is 8.14. The standard InChI is InChI=1S/C8H12N2O/c1-8(2,11-3)7-6-9-4-5-10-7/h4-6H,1-3H3. The van der Waals surface area contributed by atoms with Crippen LogP contribution in [0.25, 0.3) is 0 Å². The third kappa shape index (κ3) is 1.74. The molecule has 1 rings (SSSR count). The average molecular weight is 152 g/mol. The predicted octanol–water partition coefficient (Wildman–Crippen LogP) is 1.36. The fourth-order valence-electron chi connectivity index (χ4n) is 0.715. The molecule has 3 nitrogen and oxygen atoms in total. The molecule has 0 radical (unpaired) electrons. The summed E-state index contributed by atoms with van der Waals surface area (Å²) in [6.45, 7) is 3.91. The van der Waals surface area contributed by atoms with E-state index in [-0.39, 0.29) is 5.60 Å². The van der Waals surface area contributed by atoms with E-state index < -0.39 is 0 Å². The first-order chi connectivity index (χ1) is 5.17. The Morgan fingerprint density at radius 2 is 2.09 bits per heavy atom. The van der Waals surface area contributed by atoms with Crippen molar-refractivity contribution in [3.63, 3.8) is 0 Å². The summed E-state index contributed by atoms with van der Waals surface area (Å²) >= 11 is 0. The summed E-state index contributed by atoms with van der Waals surface area (Å²) < 4.78 is 5.22. The molecule has 1 heterocycles. The molecular weight excluding hydrogens is 140 g/mol. The van der Waals surface area contributed by atoms with Crippen LogP contribution in [0.15, 0.2) is 18.6 Å². The van der Waals surface area contributed by atoms with Gasteiger partial charge < -0.3 is 4.74 Å². The van der Waals surface area contributed by atoms with Gasteiger partial charge in [0.1, 0.15) is 5.60 Å². The van der Waals surface area contributed by atoms with Gasteiger partial charge in [0, 0.05) is 19.5 Å². The monoisotopic (exact) mass is 152 g/mol. The molecule has 0 aliphatic heterocycles. The van der Waals surface area contributed by atoms with Crippen LogP contribution in [0.3, 0.4) is 0 Å². The lowest BCUT2D eigenvalue weighted by Crippen LogP contribution is -2.20. The van der Waals surface area contributed by atoms with Crippen molar-refractivity contribution in [2.75, 3.05) is 7.11 Å². The highest BCUT2D eigenvalue weighted by Crippen LogP contribution is 2.19. The van der Waals surface area contributed by atoms with Gasteiger partial charge in [-0.1, -0.05) is 0 Å². The Bertz CT molecular complexity index is 221. The molecule has 0 aliphatic carbocycles. The zero-order chi connectivity index (χ0) is 8.32. The first-order valence-corrected chi connectivity index (χ1v) is 3.48. The van der Waals surface area contributed by atoms with Gasteiger partial charge in [0.15, 0.2) is 0 Å². The molecule has 0 bridgehead atoms. The molecule has 0 amide bonds. The third-order valence-electron chi connectivity index (χ3n) is 1.69. The van der Waals surface area contributed by atoms with Crippen molar-refractivity contribution in [3.8, 4) is 0 Å². The van der Waals surface area contributed by atoms with Crippen LogP contribution >= 0.6 is 0 Å². The Hall–Kier alpha value is -0.960. The van der Waals surface area contributed by atoms with Crippen LogP contribution in [-0.2, 0) is 10.3 Å². The SMILES string of the molecule is COC(C)(C)c1cnccn1. The van der Waals surface area contributed by atoms with Gasteiger partial charge in [-0.3, -0.25) is 9.97 Å². The Labute approximate surface area is 66.4 Å². The van der Waals surface area contributed by atoms with Gasteiger partial charge in [0.2, 0.25) is 0 Å². The number of hydrogen-bond acceptors (Lipinski definition) is 3. The molecule has 0 atom stereocenters. The van der Waals surface area contributed by atoms with Gasteiger partial charge in [-0.05, 0) is 13.8 Å². The van der Waals surface area contributed by atoms with Gasteiger partial charge in [-0.25, -0.2) is 0 Å². The molecule has 0 spiro atoms. The first-order valence-electron chi connectivity index (χ1n) is 3.48. The molecule has 0 aromatic carbocycles. The van der Waals surface area contributed by atoms with Crippen molar-refractivity contribution in [2.45, 2.75) is 19.4 Å². The number of aromatic nitrogens is 2. The Morgan fingerprint density at radius 3 is 2.55 bits per heavy atom. The quantitative estimate of drug-likeness (QED) is 0.641. The highest BCUT2D eigenvalue weighted by molar-refractivity contribution is 5.04. The molecule has 0 fully saturated rings. The maximum absolute atomic E-state index is 5.22. The van der Waals surface area contributed by atoms with Crippen molar-refractivity contribution < 1.29 is 4.74 Å². The maximum atomic E-state index is 5.22. The van der Waals surface area contributed by atoms with Crippen LogP contribution in [0, 0.1) is 0 Å². The molecule has 1 aromatic heterocycles. The highest BCUT2D eigenvalue weighted by Gasteiger charge is 2.20. The predicted molar refractivity (Wildman–Crippen MR) is 42.1 cm³/mol. The van der Waals surface area contributed by atoms with Crippen LogP contribution in [-0.4, -0.2) is 17.1 Å². The van der Waals surface area contributed by atoms with Gasteiger partial charge in [0.25, 0.3) is 0 Å². The molecule has 3 heteroatoms. The smallest absolute Gasteiger partial charge is 0.106 e. The van der Waals surface area contributed by atoms with Crippen molar-refractivity contribution in [1.82, 2.24) is 9.97 Å². The fourth-order valence-corrected chi connectivity index (χ4v) is 0.715. The lowest BCUT2D eigenvalue weighted by Gasteiger charge is -2.20. The molecule has 60 valence electrons. The summed E-state index contributed by atoms with van der Waals surface area (Å²) in [4.78, 5) is 8.09. The largest absolute Gasteiger partial charge is 0.372 e. The minimum absolute atomic E-state index is 0.339. The lowest BCUT2D eigenvalue weighted by molar-refractivity contribution is 0.0152. The minimum Gasteiger partial charge on any atom is -0.372 e.